The molecule has 0 radical (unpaired) electrons. The fourth-order valence-corrected chi connectivity index (χ4v) is 4.32. The SMILES string of the molecule is O=[P@@]1(N(CCCl)CCCl)NCC[C@@H](C(F)(F)F)O1. The average Bonchev–Trinajstić information content (AvgIpc) is 2.28. The molecule has 0 amide bonds. The van der Waals surface area contributed by atoms with E-state index in [1.54, 1.807) is 0 Å². The van der Waals surface area contributed by atoms with Crippen molar-refractivity contribution in [2.75, 3.05) is 31.4 Å². The summed E-state index contributed by atoms with van der Waals surface area (Å²) in [5.74, 6) is 0.255. The molecule has 18 heavy (non-hydrogen) atoms. The Balaban J connectivity index is 2.80. The summed E-state index contributed by atoms with van der Waals surface area (Å²) in [6, 6.07) is 0. The van der Waals surface area contributed by atoms with Gasteiger partial charge in [-0.1, -0.05) is 0 Å². The summed E-state index contributed by atoms with van der Waals surface area (Å²) in [6.45, 7) is 0.259. The summed E-state index contributed by atoms with van der Waals surface area (Å²) in [5.41, 5.74) is 0. The Bertz CT molecular complexity index is 313. The summed E-state index contributed by atoms with van der Waals surface area (Å²) < 4.78 is 56.0. The molecule has 108 valence electrons. The first kappa shape index (κ1) is 16.5. The fourth-order valence-electron chi connectivity index (χ4n) is 1.56. The van der Waals surface area contributed by atoms with Crippen LogP contribution < -0.4 is 5.09 Å². The highest BCUT2D eigenvalue weighted by atomic mass is 35.5. The van der Waals surface area contributed by atoms with Crippen molar-refractivity contribution in [2.45, 2.75) is 18.7 Å². The molecule has 1 aliphatic heterocycles. The third kappa shape index (κ3) is 4.25. The molecular formula is C8H14Cl2F3N2O2P. The molecule has 10 heteroatoms. The quantitative estimate of drug-likeness (QED) is 0.622. The number of nitrogens with one attached hydrogen (secondary N) is 1. The molecule has 0 bridgehead atoms. The topological polar surface area (TPSA) is 41.6 Å². The van der Waals surface area contributed by atoms with Gasteiger partial charge in [-0.25, -0.2) is 9.76 Å². The van der Waals surface area contributed by atoms with Crippen LogP contribution in [0.2, 0.25) is 0 Å². The van der Waals surface area contributed by atoms with Crippen LogP contribution >= 0.6 is 30.9 Å². The minimum Gasteiger partial charge on any atom is -0.293 e. The van der Waals surface area contributed by atoms with Crippen LogP contribution in [0.5, 0.6) is 0 Å². The van der Waals surface area contributed by atoms with Crippen molar-refractivity contribution in [3.05, 3.63) is 0 Å². The normalized spacial score (nSPS) is 29.8. The lowest BCUT2D eigenvalue weighted by atomic mass is 10.2. The summed E-state index contributed by atoms with van der Waals surface area (Å²) >= 11 is 11.1. The van der Waals surface area contributed by atoms with Crippen molar-refractivity contribution in [3.63, 3.8) is 0 Å². The molecule has 0 spiro atoms. The van der Waals surface area contributed by atoms with E-state index >= 15 is 0 Å². The lowest BCUT2D eigenvalue weighted by Gasteiger charge is -2.37. The predicted octanol–water partition coefficient (Wildman–Crippen LogP) is 2.81. The van der Waals surface area contributed by atoms with Crippen LogP contribution in [-0.4, -0.2) is 48.3 Å². The van der Waals surface area contributed by atoms with Crippen molar-refractivity contribution in [3.8, 4) is 0 Å². The second-order valence-corrected chi connectivity index (χ2v) is 6.57. The molecule has 1 N–H and O–H groups in total. The molecule has 1 fully saturated rings. The molecule has 0 aromatic rings. The highest BCUT2D eigenvalue weighted by Crippen LogP contribution is 2.52. The molecule has 0 aromatic carbocycles. The highest BCUT2D eigenvalue weighted by Gasteiger charge is 2.48. The van der Waals surface area contributed by atoms with Crippen LogP contribution in [0.15, 0.2) is 0 Å². The molecule has 1 aliphatic rings. The van der Waals surface area contributed by atoms with E-state index in [9.17, 15) is 17.7 Å². The predicted molar refractivity (Wildman–Crippen MR) is 64.2 cm³/mol. The number of halogens is 5. The van der Waals surface area contributed by atoms with Gasteiger partial charge in [0.25, 0.3) is 0 Å². The minimum absolute atomic E-state index is 0.0253. The first-order valence-electron chi connectivity index (χ1n) is 5.31. The molecule has 0 aromatic heterocycles. The zero-order valence-corrected chi connectivity index (χ0v) is 11.8. The van der Waals surface area contributed by atoms with Crippen LogP contribution in [0.1, 0.15) is 6.42 Å². The highest BCUT2D eigenvalue weighted by molar-refractivity contribution is 7.54. The largest absolute Gasteiger partial charge is 0.415 e. The number of hydrogen-bond acceptors (Lipinski definition) is 2. The Kier molecular flexibility index (Phi) is 6.22. The van der Waals surface area contributed by atoms with E-state index < -0.39 is 20.0 Å². The van der Waals surface area contributed by atoms with Crippen LogP contribution in [0.4, 0.5) is 13.2 Å². The molecule has 1 saturated heterocycles. The third-order valence-electron chi connectivity index (χ3n) is 2.41. The van der Waals surface area contributed by atoms with Gasteiger partial charge in [0.2, 0.25) is 0 Å². The van der Waals surface area contributed by atoms with Crippen molar-refractivity contribution >= 4 is 30.9 Å². The smallest absolute Gasteiger partial charge is 0.293 e. The number of rotatable bonds is 5. The van der Waals surface area contributed by atoms with Gasteiger partial charge in [-0.05, 0) is 6.42 Å². The van der Waals surface area contributed by atoms with E-state index in [2.05, 4.69) is 5.09 Å². The molecule has 2 atom stereocenters. The molecular weight excluding hydrogens is 315 g/mol. The Labute approximate surface area is 113 Å². The van der Waals surface area contributed by atoms with Gasteiger partial charge in [-0.3, -0.25) is 9.09 Å². The Morgan fingerprint density at radius 3 is 2.33 bits per heavy atom. The lowest BCUT2D eigenvalue weighted by Crippen LogP contribution is -2.44. The van der Waals surface area contributed by atoms with Crippen LogP contribution in [0, 0.1) is 0 Å². The van der Waals surface area contributed by atoms with E-state index in [0.717, 1.165) is 0 Å². The Morgan fingerprint density at radius 1 is 1.33 bits per heavy atom. The van der Waals surface area contributed by atoms with E-state index in [4.69, 9.17) is 27.7 Å². The van der Waals surface area contributed by atoms with Crippen LogP contribution in [-0.2, 0) is 9.09 Å². The molecule has 4 nitrogen and oxygen atoms in total. The number of alkyl halides is 5. The Hall–Kier alpha value is 0.480. The van der Waals surface area contributed by atoms with E-state index in [0.29, 0.717) is 0 Å². The van der Waals surface area contributed by atoms with Crippen molar-refractivity contribution in [1.82, 2.24) is 9.76 Å². The number of hydrogen-bond donors (Lipinski definition) is 1. The van der Waals surface area contributed by atoms with Gasteiger partial charge in [0.1, 0.15) is 0 Å². The first-order valence-corrected chi connectivity index (χ1v) is 7.96. The summed E-state index contributed by atoms with van der Waals surface area (Å²) in [5, 5.41) is 2.51. The lowest BCUT2D eigenvalue weighted by molar-refractivity contribution is -0.200. The third-order valence-corrected chi connectivity index (χ3v) is 5.06. The molecule has 0 unspecified atom stereocenters. The van der Waals surface area contributed by atoms with Gasteiger partial charge >= 0.3 is 13.8 Å². The summed E-state index contributed by atoms with van der Waals surface area (Å²) in [6.07, 6.45) is -6.80. The van der Waals surface area contributed by atoms with Gasteiger partial charge in [0, 0.05) is 31.4 Å². The van der Waals surface area contributed by atoms with E-state index in [1.165, 1.54) is 4.67 Å². The summed E-state index contributed by atoms with van der Waals surface area (Å²) in [7, 11) is -3.71. The molecule has 0 saturated carbocycles. The molecule has 1 heterocycles. The molecule has 0 aliphatic carbocycles. The van der Waals surface area contributed by atoms with Gasteiger partial charge in [-0.15, -0.1) is 23.2 Å². The summed E-state index contributed by atoms with van der Waals surface area (Å²) in [4.78, 5) is 0. The minimum atomic E-state index is -4.52. The van der Waals surface area contributed by atoms with Crippen LogP contribution in [0.3, 0.4) is 0 Å². The van der Waals surface area contributed by atoms with Crippen molar-refractivity contribution < 1.29 is 22.3 Å². The van der Waals surface area contributed by atoms with Gasteiger partial charge in [0.05, 0.1) is 0 Å². The van der Waals surface area contributed by atoms with Crippen LogP contribution in [0.25, 0.3) is 0 Å². The standard InChI is InChI=1S/C8H14Cl2F3N2O2P/c9-2-5-15(6-3-10)18(16)14-4-1-7(17-18)8(11,12)13/h7H,1-6H2,(H,14,16)/t7-,18-/m0/s1. The second kappa shape index (κ2) is 6.77. The number of nitrogens with zero attached hydrogens (tertiary/aromatic N) is 1. The molecule has 1 rings (SSSR count). The van der Waals surface area contributed by atoms with Crippen molar-refractivity contribution in [2.24, 2.45) is 0 Å². The van der Waals surface area contributed by atoms with Gasteiger partial charge < -0.3 is 0 Å². The Morgan fingerprint density at radius 2 is 1.89 bits per heavy atom. The average molecular weight is 329 g/mol. The zero-order valence-electron chi connectivity index (χ0n) is 9.42. The van der Waals surface area contributed by atoms with Gasteiger partial charge in [0.15, 0.2) is 6.10 Å². The maximum absolute atomic E-state index is 12.6. The zero-order chi connectivity index (χ0) is 13.8. The van der Waals surface area contributed by atoms with Crippen molar-refractivity contribution in [1.29, 1.82) is 0 Å². The fraction of sp³-hybridized carbons (Fsp3) is 1.00. The van der Waals surface area contributed by atoms with E-state index in [1.807, 2.05) is 0 Å². The van der Waals surface area contributed by atoms with E-state index in [-0.39, 0.29) is 37.8 Å². The monoisotopic (exact) mass is 328 g/mol. The second-order valence-electron chi connectivity index (χ2n) is 3.68. The maximum atomic E-state index is 12.6. The van der Waals surface area contributed by atoms with Gasteiger partial charge in [-0.2, -0.15) is 13.2 Å². The maximum Gasteiger partial charge on any atom is 0.415 e. The first-order chi connectivity index (χ1) is 8.33.